The molecule has 4 aromatic rings. The molecule has 0 saturated carbocycles. The number of aliphatic hydroxyl groups is 2. The Labute approximate surface area is 274 Å². The van der Waals surface area contributed by atoms with Crippen molar-refractivity contribution in [2.24, 2.45) is 0 Å². The average molecular weight is 647 g/mol. The zero-order chi connectivity index (χ0) is 33.9. The third-order valence-corrected chi connectivity index (χ3v) is 7.70. The van der Waals surface area contributed by atoms with Crippen LogP contribution in [0.25, 0.3) is 22.4 Å². The molecule has 1 amide bonds. The normalized spacial score (nSPS) is 12.6. The topological polar surface area (TPSA) is 130 Å². The molecule has 3 aromatic carbocycles. The minimum absolute atomic E-state index is 0.130. The van der Waals surface area contributed by atoms with Crippen molar-refractivity contribution in [1.82, 2.24) is 4.57 Å². The summed E-state index contributed by atoms with van der Waals surface area (Å²) in [4.78, 5) is 25.4. The molecule has 0 fully saturated rings. The number of carboxylic acids is 1. The van der Waals surface area contributed by atoms with Gasteiger partial charge in [-0.15, -0.1) is 0 Å². The summed E-state index contributed by atoms with van der Waals surface area (Å²) in [6.45, 7) is 6.99. The second-order valence-electron chi connectivity index (χ2n) is 11.6. The van der Waals surface area contributed by atoms with Gasteiger partial charge in [0.2, 0.25) is 0 Å². The van der Waals surface area contributed by atoms with Gasteiger partial charge < -0.3 is 34.7 Å². The van der Waals surface area contributed by atoms with Gasteiger partial charge in [-0.05, 0) is 55.5 Å². The smallest absolute Gasteiger partial charge is 0.305 e. The molecular formula is C37H43FN2O7. The van der Waals surface area contributed by atoms with Crippen molar-refractivity contribution in [1.29, 1.82) is 0 Å². The summed E-state index contributed by atoms with van der Waals surface area (Å²) >= 11 is 0. The Bertz CT molecular complexity index is 1620. The number of carboxylic acid groups (broad SMARTS) is 1. The van der Waals surface area contributed by atoms with Crippen LogP contribution in [0.1, 0.15) is 62.0 Å². The standard InChI is InChI=1S/C37H43FN2O7/c1-4-46-19-20-47-31-21-26(38)15-16-30(31)36-33(25-11-7-5-8-12-25)34(37(45)39-27-13-9-6-10-14-27)35(24(2)3)40(36)18-17-28(41)22-29(42)23-32(43)44/h5-16,21,24,28-29,41-42H,4,17-20,22-23H2,1-3H3,(H,39,45)(H,43,44)/t28-,29-/m1/s1. The van der Waals surface area contributed by atoms with E-state index in [2.05, 4.69) is 5.32 Å². The number of halogens is 1. The summed E-state index contributed by atoms with van der Waals surface area (Å²) in [5.41, 5.74) is 4.24. The number of hydrogen-bond acceptors (Lipinski definition) is 6. The molecule has 250 valence electrons. The van der Waals surface area contributed by atoms with Crippen LogP contribution in [-0.2, 0) is 16.1 Å². The van der Waals surface area contributed by atoms with Gasteiger partial charge in [0.15, 0.2) is 0 Å². The van der Waals surface area contributed by atoms with E-state index in [1.54, 1.807) is 18.2 Å². The lowest BCUT2D eigenvalue weighted by molar-refractivity contribution is -0.139. The summed E-state index contributed by atoms with van der Waals surface area (Å²) in [5, 5.41) is 33.2. The summed E-state index contributed by atoms with van der Waals surface area (Å²) in [6.07, 6.45) is -2.71. The van der Waals surface area contributed by atoms with Gasteiger partial charge >= 0.3 is 5.97 Å². The summed E-state index contributed by atoms with van der Waals surface area (Å²) in [5.74, 6) is -1.90. The molecule has 0 bridgehead atoms. The summed E-state index contributed by atoms with van der Waals surface area (Å²) in [6, 6.07) is 22.8. The molecule has 10 heteroatoms. The number of aliphatic hydroxyl groups excluding tert-OH is 2. The number of nitrogens with one attached hydrogen (secondary N) is 1. The fraction of sp³-hybridized carbons (Fsp3) is 0.351. The minimum atomic E-state index is -1.22. The quantitative estimate of drug-likeness (QED) is 0.0937. The van der Waals surface area contributed by atoms with Crippen LogP contribution in [0.3, 0.4) is 0 Å². The van der Waals surface area contributed by atoms with Crippen LogP contribution in [0.2, 0.25) is 0 Å². The van der Waals surface area contributed by atoms with Crippen LogP contribution in [0.15, 0.2) is 78.9 Å². The fourth-order valence-corrected chi connectivity index (χ4v) is 5.74. The molecule has 9 nitrogen and oxygen atoms in total. The zero-order valence-electron chi connectivity index (χ0n) is 27.0. The number of aromatic nitrogens is 1. The first-order valence-corrected chi connectivity index (χ1v) is 15.9. The first kappa shape index (κ1) is 35.3. The second-order valence-corrected chi connectivity index (χ2v) is 11.6. The van der Waals surface area contributed by atoms with Gasteiger partial charge in [0.05, 0.1) is 36.5 Å². The molecule has 1 heterocycles. The number of carbonyl (C=O) groups is 2. The zero-order valence-corrected chi connectivity index (χ0v) is 27.0. The lowest BCUT2D eigenvalue weighted by Gasteiger charge is -2.21. The Balaban J connectivity index is 1.95. The highest BCUT2D eigenvalue weighted by Crippen LogP contribution is 2.45. The van der Waals surface area contributed by atoms with Gasteiger partial charge in [0, 0.05) is 41.7 Å². The Morgan fingerprint density at radius 2 is 1.62 bits per heavy atom. The summed E-state index contributed by atoms with van der Waals surface area (Å²) < 4.78 is 28.2. The molecule has 47 heavy (non-hydrogen) atoms. The van der Waals surface area contributed by atoms with Gasteiger partial charge in [-0.25, -0.2) is 4.39 Å². The van der Waals surface area contributed by atoms with Gasteiger partial charge in [-0.1, -0.05) is 62.4 Å². The number of hydrogen-bond donors (Lipinski definition) is 4. The van der Waals surface area contributed by atoms with E-state index in [9.17, 15) is 24.2 Å². The molecule has 0 radical (unpaired) electrons. The highest BCUT2D eigenvalue weighted by molar-refractivity contribution is 6.12. The molecule has 4 rings (SSSR count). The molecule has 0 aliphatic rings. The highest BCUT2D eigenvalue weighted by Gasteiger charge is 2.32. The number of carbonyl (C=O) groups excluding carboxylic acids is 1. The maximum atomic E-state index is 14.7. The van der Waals surface area contributed by atoms with Gasteiger partial charge in [-0.2, -0.15) is 0 Å². The van der Waals surface area contributed by atoms with Gasteiger partial charge in [-0.3, -0.25) is 9.59 Å². The van der Waals surface area contributed by atoms with E-state index < -0.39 is 30.4 Å². The Morgan fingerprint density at radius 1 is 0.936 bits per heavy atom. The monoisotopic (exact) mass is 646 g/mol. The van der Waals surface area contributed by atoms with Crippen molar-refractivity contribution in [3.05, 3.63) is 95.9 Å². The third kappa shape index (κ3) is 9.28. The van der Waals surface area contributed by atoms with E-state index in [4.69, 9.17) is 14.6 Å². The molecule has 2 atom stereocenters. The van der Waals surface area contributed by atoms with Crippen LogP contribution in [-0.4, -0.2) is 63.8 Å². The lowest BCUT2D eigenvalue weighted by atomic mass is 9.94. The first-order chi connectivity index (χ1) is 22.6. The van der Waals surface area contributed by atoms with Crippen molar-refractivity contribution < 1.29 is 38.8 Å². The van der Waals surface area contributed by atoms with Crippen molar-refractivity contribution in [2.75, 3.05) is 25.1 Å². The van der Waals surface area contributed by atoms with Crippen LogP contribution >= 0.6 is 0 Å². The second kappa shape index (κ2) is 16.9. The van der Waals surface area contributed by atoms with Crippen LogP contribution < -0.4 is 10.1 Å². The number of rotatable bonds is 17. The van der Waals surface area contributed by atoms with E-state index in [-0.39, 0.29) is 43.6 Å². The number of nitrogens with zero attached hydrogens (tertiary/aromatic N) is 1. The van der Waals surface area contributed by atoms with E-state index >= 15 is 0 Å². The SMILES string of the molecule is CCOCCOc1cc(F)ccc1-c1c(-c2ccccc2)c(C(=O)Nc2ccccc2)c(C(C)C)n1CC[C@@H](O)C[C@@H](O)CC(=O)O. The number of amides is 1. The van der Waals surface area contributed by atoms with Crippen LogP contribution in [0.5, 0.6) is 5.75 Å². The predicted octanol–water partition coefficient (Wildman–Crippen LogP) is 6.73. The maximum Gasteiger partial charge on any atom is 0.305 e. The Morgan fingerprint density at radius 3 is 2.26 bits per heavy atom. The number of anilines is 1. The molecular weight excluding hydrogens is 603 g/mol. The van der Waals surface area contributed by atoms with Crippen molar-refractivity contribution in [2.45, 2.75) is 64.7 Å². The van der Waals surface area contributed by atoms with Crippen molar-refractivity contribution in [3.63, 3.8) is 0 Å². The number of aliphatic carboxylic acids is 1. The molecule has 0 unspecified atom stereocenters. The Hall–Kier alpha value is -4.51. The number of ether oxygens (including phenoxy) is 2. The van der Waals surface area contributed by atoms with E-state index in [1.165, 1.54) is 12.1 Å². The summed E-state index contributed by atoms with van der Waals surface area (Å²) in [7, 11) is 0. The maximum absolute atomic E-state index is 14.7. The third-order valence-electron chi connectivity index (χ3n) is 7.70. The van der Waals surface area contributed by atoms with Crippen LogP contribution in [0, 0.1) is 5.82 Å². The molecule has 1 aromatic heterocycles. The van der Waals surface area contributed by atoms with Gasteiger partial charge in [0.1, 0.15) is 18.2 Å². The highest BCUT2D eigenvalue weighted by atomic mass is 19.1. The Kier molecular flexibility index (Phi) is 12.7. The van der Waals surface area contributed by atoms with Crippen LogP contribution in [0.4, 0.5) is 10.1 Å². The predicted molar refractivity (Wildman–Crippen MR) is 179 cm³/mol. The average Bonchev–Trinajstić information content (AvgIpc) is 3.38. The number of benzene rings is 3. The molecule has 0 spiro atoms. The van der Waals surface area contributed by atoms with Crippen molar-refractivity contribution in [3.8, 4) is 28.1 Å². The lowest BCUT2D eigenvalue weighted by Crippen LogP contribution is -2.22. The fourth-order valence-electron chi connectivity index (χ4n) is 5.74. The molecule has 4 N–H and O–H groups in total. The number of para-hydroxylation sites is 1. The molecule has 0 saturated heterocycles. The van der Waals surface area contributed by atoms with E-state index in [0.717, 1.165) is 5.56 Å². The molecule has 0 aliphatic heterocycles. The van der Waals surface area contributed by atoms with E-state index in [1.807, 2.05) is 73.9 Å². The molecule has 0 aliphatic carbocycles. The van der Waals surface area contributed by atoms with Crippen molar-refractivity contribution >= 4 is 17.6 Å². The minimum Gasteiger partial charge on any atom is -0.490 e. The van der Waals surface area contributed by atoms with Gasteiger partial charge in [0.25, 0.3) is 5.91 Å². The first-order valence-electron chi connectivity index (χ1n) is 15.9. The largest absolute Gasteiger partial charge is 0.490 e. The van der Waals surface area contributed by atoms with E-state index in [0.29, 0.717) is 47.0 Å².